The van der Waals surface area contributed by atoms with Crippen molar-refractivity contribution in [3.63, 3.8) is 0 Å². The molecule has 0 spiro atoms. The van der Waals surface area contributed by atoms with Gasteiger partial charge in [0.15, 0.2) is 0 Å². The first-order valence-electron chi connectivity index (χ1n) is 8.96. The molecule has 0 saturated carbocycles. The van der Waals surface area contributed by atoms with Gasteiger partial charge >= 0.3 is 11.8 Å². The number of hydrogen-bond acceptors (Lipinski definition) is 7. The first-order chi connectivity index (χ1) is 13.8. The maximum Gasteiger partial charge on any atom is 0.313 e. The van der Waals surface area contributed by atoms with Gasteiger partial charge in [0.1, 0.15) is 5.75 Å². The van der Waals surface area contributed by atoms with Gasteiger partial charge in [0.25, 0.3) is 5.89 Å². The van der Waals surface area contributed by atoms with Crippen LogP contribution in [-0.4, -0.2) is 49.5 Å². The molecule has 1 aromatic heterocycles. The van der Waals surface area contributed by atoms with Gasteiger partial charge in [-0.05, 0) is 24.3 Å². The van der Waals surface area contributed by atoms with Crippen LogP contribution in [-0.2, 0) is 4.74 Å². The first-order valence-corrected chi connectivity index (χ1v) is 8.96. The SMILES string of the molecule is COc1ccccc1-c1nnc(C(=O)Nc2ccccc2N2CCOCC2)o1. The molecule has 1 fully saturated rings. The maximum absolute atomic E-state index is 12.7. The van der Waals surface area contributed by atoms with Gasteiger partial charge in [0.2, 0.25) is 0 Å². The van der Waals surface area contributed by atoms with E-state index in [1.807, 2.05) is 36.4 Å². The van der Waals surface area contributed by atoms with E-state index in [1.54, 1.807) is 19.2 Å². The zero-order valence-corrected chi connectivity index (χ0v) is 15.4. The Morgan fingerprint density at radius 3 is 2.64 bits per heavy atom. The van der Waals surface area contributed by atoms with Gasteiger partial charge in [-0.15, -0.1) is 10.2 Å². The van der Waals surface area contributed by atoms with Crippen LogP contribution in [0.2, 0.25) is 0 Å². The van der Waals surface area contributed by atoms with Crippen LogP contribution in [0.1, 0.15) is 10.7 Å². The summed E-state index contributed by atoms with van der Waals surface area (Å²) < 4.78 is 16.3. The van der Waals surface area contributed by atoms with Crippen LogP contribution in [0.4, 0.5) is 11.4 Å². The summed E-state index contributed by atoms with van der Waals surface area (Å²) in [6, 6.07) is 14.9. The summed E-state index contributed by atoms with van der Waals surface area (Å²) in [6.07, 6.45) is 0. The predicted molar refractivity (Wildman–Crippen MR) is 104 cm³/mol. The third kappa shape index (κ3) is 3.67. The van der Waals surface area contributed by atoms with Crippen LogP contribution in [0.5, 0.6) is 5.75 Å². The highest BCUT2D eigenvalue weighted by Gasteiger charge is 2.21. The lowest BCUT2D eigenvalue weighted by molar-refractivity contribution is 0.0990. The molecule has 1 aliphatic heterocycles. The third-order valence-corrected chi connectivity index (χ3v) is 4.46. The van der Waals surface area contributed by atoms with Crippen LogP contribution in [0.15, 0.2) is 52.9 Å². The highest BCUT2D eigenvalue weighted by Crippen LogP contribution is 2.29. The molecule has 0 atom stereocenters. The number of methoxy groups -OCH3 is 1. The minimum Gasteiger partial charge on any atom is -0.496 e. The van der Waals surface area contributed by atoms with Gasteiger partial charge < -0.3 is 24.1 Å². The summed E-state index contributed by atoms with van der Waals surface area (Å²) in [4.78, 5) is 14.8. The average Bonchev–Trinajstić information content (AvgIpc) is 3.25. The number of para-hydroxylation sites is 3. The fourth-order valence-electron chi connectivity index (χ4n) is 3.08. The van der Waals surface area contributed by atoms with E-state index >= 15 is 0 Å². The topological polar surface area (TPSA) is 89.7 Å². The highest BCUT2D eigenvalue weighted by molar-refractivity contribution is 6.03. The number of rotatable bonds is 5. The molecule has 0 radical (unpaired) electrons. The maximum atomic E-state index is 12.7. The number of aromatic nitrogens is 2. The van der Waals surface area contributed by atoms with Crippen molar-refractivity contribution in [2.24, 2.45) is 0 Å². The quantitative estimate of drug-likeness (QED) is 0.728. The molecule has 2 heterocycles. The van der Waals surface area contributed by atoms with E-state index in [2.05, 4.69) is 20.4 Å². The number of carbonyl (C=O) groups is 1. The zero-order valence-electron chi connectivity index (χ0n) is 15.4. The summed E-state index contributed by atoms with van der Waals surface area (Å²) >= 11 is 0. The molecule has 1 saturated heterocycles. The number of ether oxygens (including phenoxy) is 2. The minimum atomic E-state index is -0.464. The summed E-state index contributed by atoms with van der Waals surface area (Å²) in [5.74, 6) is 0.242. The lowest BCUT2D eigenvalue weighted by Crippen LogP contribution is -2.36. The summed E-state index contributed by atoms with van der Waals surface area (Å²) in [6.45, 7) is 2.86. The van der Waals surface area contributed by atoms with Crippen molar-refractivity contribution in [3.8, 4) is 17.2 Å². The number of hydrogen-bond donors (Lipinski definition) is 1. The van der Waals surface area contributed by atoms with E-state index in [9.17, 15) is 4.79 Å². The number of nitrogens with one attached hydrogen (secondary N) is 1. The van der Waals surface area contributed by atoms with Crippen molar-refractivity contribution in [1.29, 1.82) is 0 Å². The summed E-state index contributed by atoms with van der Waals surface area (Å²) in [7, 11) is 1.56. The molecule has 0 aliphatic carbocycles. The van der Waals surface area contributed by atoms with Crippen LogP contribution in [0.3, 0.4) is 0 Å². The number of carbonyl (C=O) groups excluding carboxylic acids is 1. The molecular formula is C20H20N4O4. The lowest BCUT2D eigenvalue weighted by atomic mass is 10.2. The minimum absolute atomic E-state index is 0.113. The van der Waals surface area contributed by atoms with Gasteiger partial charge in [0.05, 0.1) is 37.3 Å². The Kier molecular flexibility index (Phi) is 5.20. The summed E-state index contributed by atoms with van der Waals surface area (Å²) in [5, 5.41) is 10.7. The fourth-order valence-corrected chi connectivity index (χ4v) is 3.08. The largest absolute Gasteiger partial charge is 0.496 e. The molecular weight excluding hydrogens is 360 g/mol. The Morgan fingerprint density at radius 1 is 1.07 bits per heavy atom. The van der Waals surface area contributed by atoms with Crippen LogP contribution in [0, 0.1) is 0 Å². The van der Waals surface area contributed by atoms with Crippen molar-refractivity contribution in [2.45, 2.75) is 0 Å². The molecule has 4 rings (SSSR count). The van der Waals surface area contributed by atoms with E-state index < -0.39 is 5.91 Å². The Balaban J connectivity index is 1.55. The van der Waals surface area contributed by atoms with Crippen molar-refractivity contribution in [2.75, 3.05) is 43.6 Å². The lowest BCUT2D eigenvalue weighted by Gasteiger charge is -2.30. The van der Waals surface area contributed by atoms with Crippen LogP contribution in [0.25, 0.3) is 11.5 Å². The molecule has 1 aliphatic rings. The molecule has 3 aromatic rings. The van der Waals surface area contributed by atoms with Gasteiger partial charge in [-0.3, -0.25) is 4.79 Å². The second-order valence-corrected chi connectivity index (χ2v) is 6.18. The molecule has 1 amide bonds. The Hall–Kier alpha value is -3.39. The first kappa shape index (κ1) is 18.0. The standard InChI is InChI=1S/C20H20N4O4/c1-26-17-9-5-2-6-14(17)19-22-23-20(28-19)18(25)21-15-7-3-4-8-16(15)24-10-12-27-13-11-24/h2-9H,10-13H2,1H3,(H,21,25). The number of anilines is 2. The second-order valence-electron chi connectivity index (χ2n) is 6.18. The van der Waals surface area contributed by atoms with Crippen molar-refractivity contribution in [3.05, 3.63) is 54.4 Å². The highest BCUT2D eigenvalue weighted by atomic mass is 16.5. The molecule has 1 N–H and O–H groups in total. The Bertz CT molecular complexity index is 966. The van der Waals surface area contributed by atoms with E-state index in [1.165, 1.54) is 0 Å². The number of morpholine rings is 1. The number of nitrogens with zero attached hydrogens (tertiary/aromatic N) is 3. The van der Waals surface area contributed by atoms with Gasteiger partial charge in [-0.2, -0.15) is 0 Å². The monoisotopic (exact) mass is 380 g/mol. The van der Waals surface area contributed by atoms with Crippen LogP contribution >= 0.6 is 0 Å². The number of amides is 1. The predicted octanol–water partition coefficient (Wildman–Crippen LogP) is 2.83. The molecule has 28 heavy (non-hydrogen) atoms. The van der Waals surface area contributed by atoms with Gasteiger partial charge in [-0.1, -0.05) is 24.3 Å². The van der Waals surface area contributed by atoms with E-state index in [0.717, 1.165) is 18.8 Å². The number of benzene rings is 2. The third-order valence-electron chi connectivity index (χ3n) is 4.46. The molecule has 0 unspecified atom stereocenters. The molecule has 2 aromatic carbocycles. The Morgan fingerprint density at radius 2 is 1.82 bits per heavy atom. The summed E-state index contributed by atoms with van der Waals surface area (Å²) in [5.41, 5.74) is 2.25. The van der Waals surface area contributed by atoms with Crippen molar-refractivity contribution < 1.29 is 18.7 Å². The Labute approximate surface area is 162 Å². The van der Waals surface area contributed by atoms with E-state index in [-0.39, 0.29) is 11.8 Å². The smallest absolute Gasteiger partial charge is 0.313 e. The molecule has 144 valence electrons. The molecule has 0 bridgehead atoms. The zero-order chi connectivity index (χ0) is 19.3. The molecule has 8 heteroatoms. The van der Waals surface area contributed by atoms with Crippen LogP contribution < -0.4 is 15.0 Å². The normalized spacial score (nSPS) is 14.0. The van der Waals surface area contributed by atoms with Crippen molar-refractivity contribution in [1.82, 2.24) is 10.2 Å². The average molecular weight is 380 g/mol. The fraction of sp³-hybridized carbons (Fsp3) is 0.250. The van der Waals surface area contributed by atoms with E-state index in [4.69, 9.17) is 13.9 Å². The van der Waals surface area contributed by atoms with Crippen molar-refractivity contribution >= 4 is 17.3 Å². The van der Waals surface area contributed by atoms with Gasteiger partial charge in [-0.25, -0.2) is 0 Å². The molecule has 8 nitrogen and oxygen atoms in total. The van der Waals surface area contributed by atoms with Gasteiger partial charge in [0, 0.05) is 13.1 Å². The van der Waals surface area contributed by atoms with E-state index in [0.29, 0.717) is 30.2 Å². The second kappa shape index (κ2) is 8.10.